The number of urea groups is 1. The maximum atomic E-state index is 11.9. The molecule has 3 amide bonds. The van der Waals surface area contributed by atoms with Gasteiger partial charge in [-0.15, -0.1) is 0 Å². The highest BCUT2D eigenvalue weighted by Gasteiger charge is 2.01. The minimum absolute atomic E-state index is 0.118. The Morgan fingerprint density at radius 1 is 0.964 bits per heavy atom. The predicted octanol–water partition coefficient (Wildman–Crippen LogP) is 4.00. The van der Waals surface area contributed by atoms with Crippen molar-refractivity contribution >= 4 is 23.3 Å². The molecule has 0 aliphatic carbocycles. The molecule has 146 valence electrons. The van der Waals surface area contributed by atoms with Gasteiger partial charge in [0.1, 0.15) is 5.75 Å². The monoisotopic (exact) mass is 379 g/mol. The number of carbonyl (C=O) groups excluding carboxylic acids is 2. The van der Waals surface area contributed by atoms with Gasteiger partial charge < -0.3 is 20.7 Å². The lowest BCUT2D eigenvalue weighted by molar-refractivity contribution is -0.114. The van der Waals surface area contributed by atoms with Crippen molar-refractivity contribution in [3.05, 3.63) is 54.1 Å². The summed E-state index contributed by atoms with van der Waals surface area (Å²) in [6.07, 6.45) is 2.11. The molecule has 0 radical (unpaired) electrons. The van der Waals surface area contributed by atoms with E-state index >= 15 is 0 Å². The molecule has 2 aromatic rings. The third kappa shape index (κ3) is 7.83. The summed E-state index contributed by atoms with van der Waals surface area (Å²) in [5, 5.41) is 8.12. The van der Waals surface area contributed by atoms with E-state index in [4.69, 9.17) is 4.74 Å². The number of hydrogen-bond donors (Lipinski definition) is 3. The summed E-state index contributed by atoms with van der Waals surface area (Å²) in [7, 11) is 0. The van der Waals surface area contributed by atoms with Crippen LogP contribution < -0.4 is 20.7 Å². The first kappa shape index (κ1) is 20.8. The predicted molar refractivity (Wildman–Crippen MR) is 111 cm³/mol. The molecule has 2 rings (SSSR count). The highest BCUT2D eigenvalue weighted by atomic mass is 16.5. The minimum Gasteiger partial charge on any atom is -0.494 e. The van der Waals surface area contributed by atoms with Gasteiger partial charge in [0.2, 0.25) is 5.91 Å². The Labute approximate surface area is 165 Å². The summed E-state index contributed by atoms with van der Waals surface area (Å²) in [4.78, 5) is 22.9. The van der Waals surface area contributed by atoms with E-state index in [-0.39, 0.29) is 18.5 Å². The van der Waals surface area contributed by atoms with Crippen LogP contribution in [-0.2, 0) is 4.79 Å². The fourth-order valence-corrected chi connectivity index (χ4v) is 2.26. The van der Waals surface area contributed by atoms with Crippen molar-refractivity contribution in [3.8, 4) is 17.6 Å². The summed E-state index contributed by atoms with van der Waals surface area (Å²) in [5.74, 6) is 6.51. The average Bonchev–Trinajstić information content (AvgIpc) is 2.68. The Bertz CT molecular complexity index is 834. The van der Waals surface area contributed by atoms with Gasteiger partial charge >= 0.3 is 6.03 Å². The lowest BCUT2D eigenvalue weighted by Crippen LogP contribution is -2.28. The number of carbonyl (C=O) groups is 2. The molecule has 0 aliphatic heterocycles. The number of benzene rings is 2. The first-order valence-corrected chi connectivity index (χ1v) is 9.21. The van der Waals surface area contributed by atoms with E-state index in [1.807, 2.05) is 24.3 Å². The quantitative estimate of drug-likeness (QED) is 0.503. The third-order valence-electron chi connectivity index (χ3n) is 3.65. The largest absolute Gasteiger partial charge is 0.494 e. The summed E-state index contributed by atoms with van der Waals surface area (Å²) in [6.45, 7) is 4.49. The topological polar surface area (TPSA) is 79.5 Å². The second-order valence-corrected chi connectivity index (χ2v) is 6.09. The van der Waals surface area contributed by atoms with E-state index < -0.39 is 0 Å². The van der Waals surface area contributed by atoms with Gasteiger partial charge in [-0.1, -0.05) is 25.2 Å². The van der Waals surface area contributed by atoms with E-state index in [1.165, 1.54) is 6.92 Å². The van der Waals surface area contributed by atoms with Crippen molar-refractivity contribution in [2.75, 3.05) is 23.8 Å². The first-order valence-electron chi connectivity index (χ1n) is 9.21. The van der Waals surface area contributed by atoms with E-state index in [0.717, 1.165) is 29.8 Å². The molecule has 0 aromatic heterocycles. The fourth-order valence-electron chi connectivity index (χ4n) is 2.26. The van der Waals surface area contributed by atoms with Crippen LogP contribution in [0.2, 0.25) is 0 Å². The molecule has 0 saturated heterocycles. The molecule has 3 N–H and O–H groups in total. The van der Waals surface area contributed by atoms with Crippen LogP contribution in [0.25, 0.3) is 0 Å². The molecule has 6 nitrogen and oxygen atoms in total. The van der Waals surface area contributed by atoms with Crippen LogP contribution in [0.5, 0.6) is 5.75 Å². The molecule has 0 unspecified atom stereocenters. The lowest BCUT2D eigenvalue weighted by atomic mass is 10.2. The van der Waals surface area contributed by atoms with Crippen LogP contribution >= 0.6 is 0 Å². The standard InChI is InChI=1S/C22H25N3O3/c1-3-4-16-28-21-13-11-20(12-14-21)25-22(27)23-15-5-6-18-7-9-19(10-8-18)24-17(2)26/h7-14H,3-4,15-16H2,1-2H3,(H,24,26)(H2,23,25,27). The van der Waals surface area contributed by atoms with Crippen molar-refractivity contribution < 1.29 is 14.3 Å². The van der Waals surface area contributed by atoms with Crippen LogP contribution in [0.15, 0.2) is 48.5 Å². The number of hydrogen-bond acceptors (Lipinski definition) is 3. The summed E-state index contributed by atoms with van der Waals surface area (Å²) in [5.41, 5.74) is 2.20. The third-order valence-corrected chi connectivity index (χ3v) is 3.65. The Balaban J connectivity index is 1.74. The van der Waals surface area contributed by atoms with Crippen LogP contribution in [0.4, 0.5) is 16.2 Å². The zero-order chi connectivity index (χ0) is 20.2. The molecule has 0 atom stereocenters. The minimum atomic E-state index is -0.324. The zero-order valence-corrected chi connectivity index (χ0v) is 16.2. The second-order valence-electron chi connectivity index (χ2n) is 6.09. The number of ether oxygens (including phenoxy) is 1. The summed E-state index contributed by atoms with van der Waals surface area (Å²) in [6, 6.07) is 14.1. The van der Waals surface area contributed by atoms with Gasteiger partial charge in [0, 0.05) is 23.9 Å². The van der Waals surface area contributed by atoms with Crippen LogP contribution in [0.3, 0.4) is 0 Å². The lowest BCUT2D eigenvalue weighted by Gasteiger charge is -2.08. The number of nitrogens with one attached hydrogen (secondary N) is 3. The molecular formula is C22H25N3O3. The average molecular weight is 379 g/mol. The molecule has 2 aromatic carbocycles. The summed E-state index contributed by atoms with van der Waals surface area (Å²) < 4.78 is 5.59. The van der Waals surface area contributed by atoms with Crippen LogP contribution in [-0.4, -0.2) is 25.1 Å². The molecular weight excluding hydrogens is 354 g/mol. The smallest absolute Gasteiger partial charge is 0.319 e. The highest BCUT2D eigenvalue weighted by Crippen LogP contribution is 2.16. The van der Waals surface area contributed by atoms with Gasteiger partial charge in [0.15, 0.2) is 0 Å². The maximum Gasteiger partial charge on any atom is 0.319 e. The molecule has 0 aliphatic rings. The Morgan fingerprint density at radius 2 is 1.61 bits per heavy atom. The fraction of sp³-hybridized carbons (Fsp3) is 0.273. The number of anilines is 2. The SMILES string of the molecule is CCCCOc1ccc(NC(=O)NCC#Cc2ccc(NC(C)=O)cc2)cc1. The van der Waals surface area contributed by atoms with Gasteiger partial charge in [-0.25, -0.2) is 4.79 Å². The van der Waals surface area contributed by atoms with Crippen molar-refractivity contribution in [3.63, 3.8) is 0 Å². The molecule has 6 heteroatoms. The maximum absolute atomic E-state index is 11.9. The Kier molecular flexibility index (Phi) is 8.41. The van der Waals surface area contributed by atoms with Crippen molar-refractivity contribution in [1.82, 2.24) is 5.32 Å². The van der Waals surface area contributed by atoms with Crippen LogP contribution in [0, 0.1) is 11.8 Å². The normalized spacial score (nSPS) is 9.64. The molecule has 0 spiro atoms. The molecule has 28 heavy (non-hydrogen) atoms. The number of unbranched alkanes of at least 4 members (excludes halogenated alkanes) is 1. The highest BCUT2D eigenvalue weighted by molar-refractivity contribution is 5.89. The van der Waals surface area contributed by atoms with E-state index in [2.05, 4.69) is 34.7 Å². The number of rotatable bonds is 7. The Morgan fingerprint density at radius 3 is 2.25 bits per heavy atom. The van der Waals surface area contributed by atoms with Crippen molar-refractivity contribution in [1.29, 1.82) is 0 Å². The van der Waals surface area contributed by atoms with Gasteiger partial charge in [0.05, 0.1) is 13.2 Å². The van der Waals surface area contributed by atoms with E-state index in [9.17, 15) is 9.59 Å². The molecule has 0 bridgehead atoms. The van der Waals surface area contributed by atoms with E-state index in [1.54, 1.807) is 24.3 Å². The second kappa shape index (κ2) is 11.3. The van der Waals surface area contributed by atoms with Crippen LogP contribution in [0.1, 0.15) is 32.3 Å². The number of amides is 3. The summed E-state index contributed by atoms with van der Waals surface area (Å²) >= 11 is 0. The first-order chi connectivity index (χ1) is 13.6. The van der Waals surface area contributed by atoms with Crippen molar-refractivity contribution in [2.45, 2.75) is 26.7 Å². The van der Waals surface area contributed by atoms with Gasteiger partial charge in [-0.05, 0) is 55.0 Å². The van der Waals surface area contributed by atoms with Gasteiger partial charge in [0.25, 0.3) is 0 Å². The Hall–Kier alpha value is -3.46. The molecule has 0 saturated carbocycles. The van der Waals surface area contributed by atoms with Gasteiger partial charge in [-0.3, -0.25) is 4.79 Å². The van der Waals surface area contributed by atoms with Crippen molar-refractivity contribution in [2.24, 2.45) is 0 Å². The zero-order valence-electron chi connectivity index (χ0n) is 16.2. The molecule has 0 heterocycles. The molecule has 0 fully saturated rings. The van der Waals surface area contributed by atoms with E-state index in [0.29, 0.717) is 12.3 Å². The van der Waals surface area contributed by atoms with Gasteiger partial charge in [-0.2, -0.15) is 0 Å².